The molecule has 0 fully saturated rings. The van der Waals surface area contributed by atoms with Crippen LogP contribution in [0.1, 0.15) is 57.9 Å². The number of benzene rings is 3. The minimum atomic E-state index is 1.01. The zero-order chi connectivity index (χ0) is 18.5. The fourth-order valence-electron chi connectivity index (χ4n) is 3.84. The van der Waals surface area contributed by atoms with Gasteiger partial charge in [0.2, 0.25) is 0 Å². The second kappa shape index (κ2) is 8.36. The van der Waals surface area contributed by atoms with E-state index in [2.05, 4.69) is 88.4 Å². The molecule has 0 amide bonds. The third kappa shape index (κ3) is 4.43. The van der Waals surface area contributed by atoms with Crippen molar-refractivity contribution in [3.8, 4) is 0 Å². The van der Waals surface area contributed by atoms with E-state index in [4.69, 9.17) is 0 Å². The molecule has 0 aliphatic heterocycles. The highest BCUT2D eigenvalue weighted by Crippen LogP contribution is 2.23. The number of rotatable bonds is 6. The summed E-state index contributed by atoms with van der Waals surface area (Å²) in [6.45, 7) is 9.00. The molecule has 0 nitrogen and oxygen atoms in total. The molecule has 134 valence electrons. The van der Waals surface area contributed by atoms with Gasteiger partial charge in [0.05, 0.1) is 0 Å². The third-order valence-electron chi connectivity index (χ3n) is 5.33. The number of hydrogen-bond acceptors (Lipinski definition) is 0. The minimum absolute atomic E-state index is 1.01. The summed E-state index contributed by atoms with van der Waals surface area (Å²) < 4.78 is 0. The van der Waals surface area contributed by atoms with Gasteiger partial charge in [0.25, 0.3) is 0 Å². The van der Waals surface area contributed by atoms with Gasteiger partial charge in [0.1, 0.15) is 0 Å². The van der Waals surface area contributed by atoms with Gasteiger partial charge in [-0.2, -0.15) is 0 Å². The summed E-state index contributed by atoms with van der Waals surface area (Å²) in [6, 6.07) is 22.5. The summed E-state index contributed by atoms with van der Waals surface area (Å²) in [7, 11) is 0. The summed E-state index contributed by atoms with van der Waals surface area (Å²) in [5, 5.41) is 0. The van der Waals surface area contributed by atoms with Gasteiger partial charge in [-0.25, -0.2) is 0 Å². The molecule has 3 rings (SSSR count). The lowest BCUT2D eigenvalue weighted by atomic mass is 9.91. The van der Waals surface area contributed by atoms with E-state index in [1.54, 1.807) is 0 Å². The Kier molecular flexibility index (Phi) is 5.93. The summed E-state index contributed by atoms with van der Waals surface area (Å²) >= 11 is 0. The quantitative estimate of drug-likeness (QED) is 0.465. The van der Waals surface area contributed by atoms with Gasteiger partial charge in [-0.05, 0) is 84.5 Å². The predicted molar refractivity (Wildman–Crippen MR) is 113 cm³/mol. The van der Waals surface area contributed by atoms with Gasteiger partial charge in [0.15, 0.2) is 0 Å². The van der Waals surface area contributed by atoms with Crippen molar-refractivity contribution >= 4 is 0 Å². The molecule has 0 aliphatic carbocycles. The first-order chi connectivity index (χ1) is 12.6. The van der Waals surface area contributed by atoms with Crippen LogP contribution >= 0.6 is 0 Å². The molecular formula is C26H30. The molecule has 0 aromatic heterocycles. The second-order valence-corrected chi connectivity index (χ2v) is 7.56. The van der Waals surface area contributed by atoms with Gasteiger partial charge in [-0.3, -0.25) is 0 Å². The van der Waals surface area contributed by atoms with Crippen LogP contribution in [0.5, 0.6) is 0 Å². The third-order valence-corrected chi connectivity index (χ3v) is 5.33. The Labute approximate surface area is 158 Å². The molecule has 0 heterocycles. The van der Waals surface area contributed by atoms with E-state index in [0.717, 1.165) is 12.8 Å². The Morgan fingerprint density at radius 1 is 0.615 bits per heavy atom. The Morgan fingerprint density at radius 3 is 1.96 bits per heavy atom. The lowest BCUT2D eigenvalue weighted by Gasteiger charge is -2.14. The Bertz CT molecular complexity index is 849. The van der Waals surface area contributed by atoms with E-state index in [9.17, 15) is 0 Å². The fraction of sp³-hybridized carbons (Fsp3) is 0.308. The zero-order valence-electron chi connectivity index (χ0n) is 16.6. The summed E-state index contributed by atoms with van der Waals surface area (Å²) in [4.78, 5) is 0. The van der Waals surface area contributed by atoms with Gasteiger partial charge in [-0.1, -0.05) is 74.0 Å². The van der Waals surface area contributed by atoms with Gasteiger partial charge in [-0.15, -0.1) is 0 Å². The van der Waals surface area contributed by atoms with E-state index in [-0.39, 0.29) is 0 Å². The van der Waals surface area contributed by atoms with Crippen LogP contribution in [0, 0.1) is 20.8 Å². The first kappa shape index (κ1) is 18.5. The maximum atomic E-state index is 2.40. The topological polar surface area (TPSA) is 0 Å². The van der Waals surface area contributed by atoms with Crippen LogP contribution in [-0.2, 0) is 19.3 Å². The molecule has 0 aliphatic rings. The normalized spacial score (nSPS) is 10.9. The molecule has 0 saturated carbocycles. The standard InChI is InChI=1S/C26H30/c1-5-9-23-14-20(3)26(21(4)15-23)18-24-13-12-19(2)25(17-24)16-22-10-7-6-8-11-22/h6-8,10-15,17H,5,9,16,18H2,1-4H3. The minimum Gasteiger partial charge on any atom is -0.0651 e. The van der Waals surface area contributed by atoms with Crippen molar-refractivity contribution in [1.82, 2.24) is 0 Å². The SMILES string of the molecule is CCCc1cc(C)c(Cc2ccc(C)c(Cc3ccccc3)c2)c(C)c1. The van der Waals surface area contributed by atoms with Crippen molar-refractivity contribution in [1.29, 1.82) is 0 Å². The summed E-state index contributed by atoms with van der Waals surface area (Å²) in [5.74, 6) is 0. The molecule has 0 radical (unpaired) electrons. The molecule has 0 saturated heterocycles. The van der Waals surface area contributed by atoms with Crippen molar-refractivity contribution in [2.24, 2.45) is 0 Å². The van der Waals surface area contributed by atoms with Gasteiger partial charge < -0.3 is 0 Å². The molecule has 3 aromatic rings. The van der Waals surface area contributed by atoms with Crippen LogP contribution in [0.2, 0.25) is 0 Å². The smallest absolute Gasteiger partial charge is 0.00204 e. The van der Waals surface area contributed by atoms with Crippen LogP contribution in [-0.4, -0.2) is 0 Å². The van der Waals surface area contributed by atoms with Crippen LogP contribution in [0.15, 0.2) is 60.7 Å². The lowest BCUT2D eigenvalue weighted by Crippen LogP contribution is -2.00. The molecule has 0 spiro atoms. The van der Waals surface area contributed by atoms with E-state index < -0.39 is 0 Å². The average molecular weight is 343 g/mol. The van der Waals surface area contributed by atoms with Gasteiger partial charge in [0, 0.05) is 0 Å². The predicted octanol–water partition coefficient (Wildman–Crippen LogP) is 6.75. The zero-order valence-corrected chi connectivity index (χ0v) is 16.6. The molecular weight excluding hydrogens is 312 g/mol. The molecule has 0 heteroatoms. The van der Waals surface area contributed by atoms with Crippen LogP contribution in [0.3, 0.4) is 0 Å². The van der Waals surface area contributed by atoms with E-state index >= 15 is 0 Å². The second-order valence-electron chi connectivity index (χ2n) is 7.56. The number of hydrogen-bond donors (Lipinski definition) is 0. The van der Waals surface area contributed by atoms with Crippen LogP contribution < -0.4 is 0 Å². The molecule has 0 unspecified atom stereocenters. The molecule has 0 N–H and O–H groups in total. The summed E-state index contributed by atoms with van der Waals surface area (Å²) in [6.07, 6.45) is 4.41. The van der Waals surface area contributed by atoms with Crippen molar-refractivity contribution in [3.05, 3.63) is 105 Å². The maximum absolute atomic E-state index is 2.40. The largest absolute Gasteiger partial charge is 0.0651 e. The Hall–Kier alpha value is -2.34. The van der Waals surface area contributed by atoms with E-state index in [0.29, 0.717) is 0 Å². The highest BCUT2D eigenvalue weighted by molar-refractivity contribution is 5.43. The molecule has 0 atom stereocenters. The Balaban J connectivity index is 1.86. The first-order valence-electron chi connectivity index (χ1n) is 9.78. The lowest BCUT2D eigenvalue weighted by molar-refractivity contribution is 0.914. The average Bonchev–Trinajstić information content (AvgIpc) is 2.62. The van der Waals surface area contributed by atoms with Crippen molar-refractivity contribution in [2.45, 2.75) is 53.4 Å². The number of aryl methyl sites for hydroxylation is 4. The Morgan fingerprint density at radius 2 is 1.31 bits per heavy atom. The van der Waals surface area contributed by atoms with Crippen LogP contribution in [0.25, 0.3) is 0 Å². The summed E-state index contributed by atoms with van der Waals surface area (Å²) in [5.41, 5.74) is 11.4. The highest BCUT2D eigenvalue weighted by atomic mass is 14.1. The first-order valence-corrected chi connectivity index (χ1v) is 9.78. The van der Waals surface area contributed by atoms with E-state index in [1.165, 1.54) is 57.3 Å². The van der Waals surface area contributed by atoms with Crippen molar-refractivity contribution in [3.63, 3.8) is 0 Å². The van der Waals surface area contributed by atoms with Crippen molar-refractivity contribution < 1.29 is 0 Å². The van der Waals surface area contributed by atoms with Crippen molar-refractivity contribution in [2.75, 3.05) is 0 Å². The molecule has 3 aromatic carbocycles. The fourth-order valence-corrected chi connectivity index (χ4v) is 3.84. The maximum Gasteiger partial charge on any atom is -0.00204 e. The van der Waals surface area contributed by atoms with Crippen LogP contribution in [0.4, 0.5) is 0 Å². The highest BCUT2D eigenvalue weighted by Gasteiger charge is 2.08. The van der Waals surface area contributed by atoms with E-state index in [1.807, 2.05) is 0 Å². The molecule has 0 bridgehead atoms. The monoisotopic (exact) mass is 342 g/mol. The van der Waals surface area contributed by atoms with Gasteiger partial charge >= 0.3 is 0 Å². The molecule has 26 heavy (non-hydrogen) atoms.